The van der Waals surface area contributed by atoms with Crippen molar-refractivity contribution in [3.05, 3.63) is 0 Å². The van der Waals surface area contributed by atoms with Gasteiger partial charge in [0.25, 0.3) is 0 Å². The molecule has 0 bridgehead atoms. The summed E-state index contributed by atoms with van der Waals surface area (Å²) in [5, 5.41) is 0. The molecule has 3 N–H and O–H groups in total. The first kappa shape index (κ1) is 82.0. The fourth-order valence-corrected chi connectivity index (χ4v) is 12.7. The van der Waals surface area contributed by atoms with E-state index in [4.69, 9.17) is 24.3 Å². The number of carbonyl (C=O) groups is 2. The number of ether oxygens (including phenoxy) is 2. The van der Waals surface area contributed by atoms with Crippen molar-refractivity contribution < 1.29 is 37.6 Å². The molecule has 0 radical (unpaired) electrons. The van der Waals surface area contributed by atoms with Gasteiger partial charge in [0.15, 0.2) is 6.10 Å². The summed E-state index contributed by atoms with van der Waals surface area (Å²) >= 11 is 0. The van der Waals surface area contributed by atoms with Crippen LogP contribution in [0.3, 0.4) is 0 Å². The Hall–Kier alpha value is -0.990. The van der Waals surface area contributed by atoms with Crippen LogP contribution >= 0.6 is 7.82 Å². The van der Waals surface area contributed by atoms with E-state index in [2.05, 4.69) is 13.8 Å². The normalized spacial score (nSPS) is 12.8. The molecule has 0 aliphatic heterocycles. The summed E-state index contributed by atoms with van der Waals surface area (Å²) in [5.41, 5.74) is 5.41. The van der Waals surface area contributed by atoms with E-state index in [1.165, 1.54) is 360 Å². The number of hydrogen-bond acceptors (Lipinski definition) is 8. The maximum Gasteiger partial charge on any atom is 0.472 e. The molecule has 2 unspecified atom stereocenters. The second kappa shape index (κ2) is 70.1. The lowest BCUT2D eigenvalue weighted by molar-refractivity contribution is -0.161. The lowest BCUT2D eigenvalue weighted by atomic mass is 10.0. The predicted octanol–water partition coefficient (Wildman–Crippen LogP) is 24.5. The third kappa shape index (κ3) is 70.0. The molecule has 0 saturated carbocycles. The highest BCUT2D eigenvalue weighted by Gasteiger charge is 2.26. The van der Waals surface area contributed by atoms with Crippen LogP contribution in [0.4, 0.5) is 0 Å². The summed E-state index contributed by atoms with van der Waals surface area (Å²) in [5.74, 6) is -0.795. The molecule has 0 aliphatic carbocycles. The molecule has 496 valence electrons. The van der Waals surface area contributed by atoms with Gasteiger partial charge in [0.05, 0.1) is 13.2 Å². The van der Waals surface area contributed by atoms with Gasteiger partial charge in [0.2, 0.25) is 0 Å². The Balaban J connectivity index is 3.76. The minimum Gasteiger partial charge on any atom is -0.462 e. The van der Waals surface area contributed by atoms with Gasteiger partial charge >= 0.3 is 19.8 Å². The summed E-state index contributed by atoms with van der Waals surface area (Å²) in [6.45, 7) is 3.85. The molecular weight excluding hydrogens is 1050 g/mol. The highest BCUT2D eigenvalue weighted by atomic mass is 31.2. The number of nitrogens with two attached hydrogens (primary N) is 1. The van der Waals surface area contributed by atoms with Gasteiger partial charge in [-0.3, -0.25) is 18.6 Å². The van der Waals surface area contributed by atoms with Crippen LogP contribution in [0.25, 0.3) is 0 Å². The average Bonchev–Trinajstić information content (AvgIpc) is 3.48. The molecule has 83 heavy (non-hydrogen) atoms. The average molecular weight is 1200 g/mol. The number of rotatable bonds is 73. The summed E-state index contributed by atoms with van der Waals surface area (Å²) in [6.07, 6.45) is 83.8. The lowest BCUT2D eigenvalue weighted by Gasteiger charge is -2.19. The summed E-state index contributed by atoms with van der Waals surface area (Å²) in [7, 11) is -4.39. The Kier molecular flexibility index (Phi) is 69.3. The van der Waals surface area contributed by atoms with Crippen LogP contribution < -0.4 is 5.73 Å². The van der Waals surface area contributed by atoms with Crippen LogP contribution in [-0.2, 0) is 32.7 Å². The molecule has 0 rings (SSSR count). The first-order chi connectivity index (χ1) is 40.8. The van der Waals surface area contributed by atoms with Crippen molar-refractivity contribution in [3.63, 3.8) is 0 Å². The van der Waals surface area contributed by atoms with Crippen molar-refractivity contribution >= 4 is 19.8 Å². The van der Waals surface area contributed by atoms with Gasteiger partial charge in [0, 0.05) is 19.4 Å². The SMILES string of the molecule is CCCCCCCCCCCCCCCCCCCCCCCCCCCCCCCCCC(=O)OCC(COP(=O)(O)OCCN)OC(=O)CCCCCCCCCCCCCCCCCCCCCCCCCCCCCCCCC. The fraction of sp³-hybridized carbons (Fsp3) is 0.973. The molecule has 0 aliphatic rings. The summed E-state index contributed by atoms with van der Waals surface area (Å²) in [4.78, 5) is 35.4. The first-order valence-corrected chi connectivity index (χ1v) is 39.0. The van der Waals surface area contributed by atoms with E-state index >= 15 is 0 Å². The fourth-order valence-electron chi connectivity index (χ4n) is 11.9. The molecule has 0 aromatic carbocycles. The third-order valence-corrected chi connectivity index (χ3v) is 18.5. The Morgan fingerprint density at radius 3 is 0.735 bits per heavy atom. The maximum atomic E-state index is 12.8. The number of unbranched alkanes of at least 4 members (excludes halogenated alkanes) is 60. The Morgan fingerprint density at radius 2 is 0.518 bits per heavy atom. The van der Waals surface area contributed by atoms with Crippen molar-refractivity contribution in [2.75, 3.05) is 26.4 Å². The van der Waals surface area contributed by atoms with Crippen LogP contribution in [0.1, 0.15) is 425 Å². The molecule has 0 saturated heterocycles. The van der Waals surface area contributed by atoms with Gasteiger partial charge in [-0.15, -0.1) is 0 Å². The monoisotopic (exact) mass is 1200 g/mol. The van der Waals surface area contributed by atoms with Gasteiger partial charge in [-0.2, -0.15) is 0 Å². The van der Waals surface area contributed by atoms with Gasteiger partial charge in [-0.1, -0.05) is 399 Å². The predicted molar refractivity (Wildman–Crippen MR) is 358 cm³/mol. The highest BCUT2D eigenvalue weighted by Crippen LogP contribution is 2.43. The minimum atomic E-state index is -4.39. The zero-order chi connectivity index (χ0) is 60.1. The lowest BCUT2D eigenvalue weighted by Crippen LogP contribution is -2.29. The van der Waals surface area contributed by atoms with Crippen molar-refractivity contribution in [2.45, 2.75) is 431 Å². The smallest absolute Gasteiger partial charge is 0.462 e. The number of hydrogen-bond donors (Lipinski definition) is 2. The van der Waals surface area contributed by atoms with E-state index in [0.29, 0.717) is 12.8 Å². The zero-order valence-electron chi connectivity index (χ0n) is 56.0. The van der Waals surface area contributed by atoms with Crippen molar-refractivity contribution in [3.8, 4) is 0 Å². The van der Waals surface area contributed by atoms with Crippen LogP contribution in [0, 0.1) is 0 Å². The van der Waals surface area contributed by atoms with Crippen LogP contribution in [0.2, 0.25) is 0 Å². The highest BCUT2D eigenvalue weighted by molar-refractivity contribution is 7.47. The molecule has 0 aromatic heterocycles. The van der Waals surface area contributed by atoms with E-state index in [0.717, 1.165) is 32.1 Å². The van der Waals surface area contributed by atoms with Crippen molar-refractivity contribution in [1.29, 1.82) is 0 Å². The van der Waals surface area contributed by atoms with Gasteiger partial charge in [-0.05, 0) is 12.8 Å². The standard InChI is InChI=1S/C73H146NO8P/c1-3-5-7-9-11-13-15-17-19-21-23-25-27-29-31-33-35-37-39-41-43-45-47-49-51-53-55-57-59-61-63-65-72(75)79-69-71(70-81-83(77,78)80-68-67-74)82-73(76)66-64-62-60-58-56-54-52-50-48-46-44-42-40-38-36-34-32-30-28-26-24-22-20-18-16-14-12-10-8-6-4-2/h71H,3-70,74H2,1-2H3,(H,77,78). The van der Waals surface area contributed by atoms with Gasteiger partial charge in [-0.25, -0.2) is 4.57 Å². The second-order valence-corrected chi connectivity index (χ2v) is 27.3. The molecule has 0 spiro atoms. The number of esters is 2. The molecule has 0 fully saturated rings. The van der Waals surface area contributed by atoms with Crippen molar-refractivity contribution in [1.82, 2.24) is 0 Å². The molecular formula is C73H146NO8P. The van der Waals surface area contributed by atoms with Crippen molar-refractivity contribution in [2.24, 2.45) is 5.73 Å². The van der Waals surface area contributed by atoms with E-state index in [9.17, 15) is 19.0 Å². The third-order valence-electron chi connectivity index (χ3n) is 17.5. The van der Waals surface area contributed by atoms with E-state index in [1.807, 2.05) is 0 Å². The number of phosphoric acid groups is 1. The van der Waals surface area contributed by atoms with Crippen LogP contribution in [0.5, 0.6) is 0 Å². The van der Waals surface area contributed by atoms with Gasteiger partial charge in [0.1, 0.15) is 6.61 Å². The largest absolute Gasteiger partial charge is 0.472 e. The Morgan fingerprint density at radius 1 is 0.313 bits per heavy atom. The molecule has 0 aromatic rings. The Bertz CT molecular complexity index is 1320. The quantitative estimate of drug-likeness (QED) is 0.0347. The number of carbonyl (C=O) groups excluding carboxylic acids is 2. The first-order valence-electron chi connectivity index (χ1n) is 37.5. The maximum absolute atomic E-state index is 12.8. The molecule has 9 nitrogen and oxygen atoms in total. The van der Waals surface area contributed by atoms with E-state index in [-0.39, 0.29) is 32.1 Å². The molecule has 10 heteroatoms. The van der Waals surface area contributed by atoms with E-state index < -0.39 is 26.5 Å². The number of phosphoric ester groups is 1. The molecule has 0 heterocycles. The van der Waals surface area contributed by atoms with Gasteiger partial charge < -0.3 is 20.1 Å². The van der Waals surface area contributed by atoms with Crippen LogP contribution in [0.15, 0.2) is 0 Å². The minimum absolute atomic E-state index is 0.0589. The molecule has 0 amide bonds. The Labute approximate surface area is 517 Å². The van der Waals surface area contributed by atoms with Crippen LogP contribution in [-0.4, -0.2) is 49.3 Å². The zero-order valence-corrected chi connectivity index (χ0v) is 56.9. The molecule has 2 atom stereocenters. The second-order valence-electron chi connectivity index (χ2n) is 25.9. The van der Waals surface area contributed by atoms with E-state index in [1.54, 1.807) is 0 Å². The summed E-state index contributed by atoms with van der Waals surface area (Å²) in [6, 6.07) is 0. The summed E-state index contributed by atoms with van der Waals surface area (Å²) < 4.78 is 33.2. The topological polar surface area (TPSA) is 134 Å².